The van der Waals surface area contributed by atoms with Crippen molar-refractivity contribution >= 4 is 28.6 Å². The summed E-state index contributed by atoms with van der Waals surface area (Å²) in [5.74, 6) is 3.08. The summed E-state index contributed by atoms with van der Waals surface area (Å²) in [4.78, 5) is 34.5. The molecule has 1 amide bonds. The number of aromatic nitrogens is 4. The number of nitrogens with zero attached hydrogens (tertiary/aromatic N) is 7. The van der Waals surface area contributed by atoms with Crippen molar-refractivity contribution in [2.45, 2.75) is 51.5 Å². The Balaban J connectivity index is 0.976. The Kier molecular flexibility index (Phi) is 8.32. The first-order valence-corrected chi connectivity index (χ1v) is 15.0. The molecule has 3 aliphatic heterocycles. The van der Waals surface area contributed by atoms with E-state index >= 15 is 0 Å². The van der Waals surface area contributed by atoms with Crippen LogP contribution in [0.4, 0.5) is 11.5 Å². The summed E-state index contributed by atoms with van der Waals surface area (Å²) < 4.78 is 7.82. The molecule has 10 heteroatoms. The zero-order valence-electron chi connectivity index (χ0n) is 23.7. The van der Waals surface area contributed by atoms with Crippen LogP contribution in [0, 0.1) is 5.92 Å². The number of methoxy groups -OCH3 is 1. The molecule has 0 radical (unpaired) electrons. The highest BCUT2D eigenvalue weighted by atomic mass is 16.5. The van der Waals surface area contributed by atoms with Crippen LogP contribution >= 0.6 is 0 Å². The van der Waals surface area contributed by atoms with Gasteiger partial charge in [0.1, 0.15) is 17.9 Å². The number of rotatable bonds is 8. The number of fused-ring (bicyclic) bond motifs is 3. The second-order valence-corrected chi connectivity index (χ2v) is 11.3. The second kappa shape index (κ2) is 12.4. The molecule has 1 N–H and O–H groups in total. The van der Waals surface area contributed by atoms with Crippen molar-refractivity contribution in [1.29, 1.82) is 0 Å². The van der Waals surface area contributed by atoms with Gasteiger partial charge in [-0.3, -0.25) is 9.69 Å². The lowest BCUT2D eigenvalue weighted by Gasteiger charge is -2.36. The van der Waals surface area contributed by atoms with Gasteiger partial charge in [-0.05, 0) is 50.8 Å². The zero-order chi connectivity index (χ0) is 27.3. The van der Waals surface area contributed by atoms with Gasteiger partial charge in [-0.25, -0.2) is 15.0 Å². The summed E-state index contributed by atoms with van der Waals surface area (Å²) in [5, 5.41) is 3.23. The number of hydrogen-bond donors (Lipinski definition) is 1. The van der Waals surface area contributed by atoms with Gasteiger partial charge in [0.2, 0.25) is 5.91 Å². The number of imidazole rings is 1. The number of piperazine rings is 1. The van der Waals surface area contributed by atoms with Crippen LogP contribution in [0.25, 0.3) is 11.2 Å². The van der Waals surface area contributed by atoms with Crippen molar-refractivity contribution in [3.63, 3.8) is 0 Å². The fourth-order valence-electron chi connectivity index (χ4n) is 6.50. The predicted octanol–water partition coefficient (Wildman–Crippen LogP) is 3.11. The normalized spacial score (nSPS) is 20.3. The lowest BCUT2D eigenvalue weighted by molar-refractivity contribution is -0.125. The van der Waals surface area contributed by atoms with Crippen LogP contribution in [0.15, 0.2) is 30.6 Å². The summed E-state index contributed by atoms with van der Waals surface area (Å²) in [6.45, 7) is 8.30. The monoisotopic (exact) mass is 546 g/mol. The van der Waals surface area contributed by atoms with Crippen LogP contribution < -0.4 is 19.9 Å². The maximum atomic E-state index is 13.1. The van der Waals surface area contributed by atoms with Gasteiger partial charge in [0.05, 0.1) is 18.7 Å². The molecule has 2 saturated heterocycles. The Hall–Kier alpha value is -3.40. The number of carbonyl (C=O) groups excluding carboxylic acids is 1. The third-order valence-electron chi connectivity index (χ3n) is 8.71. The number of aryl methyl sites for hydroxylation is 2. The van der Waals surface area contributed by atoms with Crippen LogP contribution in [-0.4, -0.2) is 89.8 Å². The van der Waals surface area contributed by atoms with Crippen LogP contribution in [-0.2, 0) is 17.8 Å². The van der Waals surface area contributed by atoms with E-state index in [4.69, 9.17) is 9.72 Å². The van der Waals surface area contributed by atoms with E-state index in [1.165, 1.54) is 24.9 Å². The van der Waals surface area contributed by atoms with Crippen LogP contribution in [0.2, 0.25) is 0 Å². The van der Waals surface area contributed by atoms with Gasteiger partial charge >= 0.3 is 0 Å². The molecule has 0 aliphatic carbocycles. The lowest BCUT2D eigenvalue weighted by atomic mass is 9.97. The Morgan fingerprint density at radius 3 is 2.75 bits per heavy atom. The molecular weight excluding hydrogens is 504 g/mol. The topological polar surface area (TPSA) is 91.7 Å². The van der Waals surface area contributed by atoms with Crippen molar-refractivity contribution in [2.75, 3.05) is 69.3 Å². The molecule has 3 aliphatic rings. The number of nitrogens with one attached hydrogen (secondary N) is 1. The highest BCUT2D eigenvalue weighted by molar-refractivity contribution is 5.85. The Bertz CT molecular complexity index is 1300. The zero-order valence-corrected chi connectivity index (χ0v) is 23.7. The average molecular weight is 547 g/mol. The number of anilines is 2. The van der Waals surface area contributed by atoms with Gasteiger partial charge < -0.3 is 24.4 Å². The fourth-order valence-corrected chi connectivity index (χ4v) is 6.50. The molecule has 0 saturated carbocycles. The van der Waals surface area contributed by atoms with Gasteiger partial charge in [-0.2, -0.15) is 0 Å². The standard InChI is InChI=1S/C30H42N8O2/c1-40-25-11-5-4-10-24(25)36-19-17-35(18-20-36)14-8-13-31-30(39)23-9-7-15-37(21-23)28-27-29(33-22-32-28)38-16-6-2-3-12-26(38)34-27/h4-5,10-11,22-23H,2-3,6-9,12-21H2,1H3,(H,31,39)/t23-/m1/s1. The second-order valence-electron chi connectivity index (χ2n) is 11.3. The minimum absolute atomic E-state index is 0.0244. The molecule has 6 rings (SSSR count). The summed E-state index contributed by atoms with van der Waals surface area (Å²) in [7, 11) is 1.73. The fraction of sp³-hybridized carbons (Fsp3) is 0.600. The van der Waals surface area contributed by atoms with E-state index in [1.807, 2.05) is 12.1 Å². The molecule has 1 atom stereocenters. The summed E-state index contributed by atoms with van der Waals surface area (Å²) in [5.41, 5.74) is 3.01. The minimum atomic E-state index is -0.0244. The van der Waals surface area contributed by atoms with Gasteiger partial charge in [-0.15, -0.1) is 0 Å². The first-order valence-electron chi connectivity index (χ1n) is 15.0. The van der Waals surface area contributed by atoms with E-state index in [0.29, 0.717) is 13.1 Å². The number of amides is 1. The molecule has 0 bridgehead atoms. The van der Waals surface area contributed by atoms with E-state index in [9.17, 15) is 4.79 Å². The van der Waals surface area contributed by atoms with E-state index < -0.39 is 0 Å². The van der Waals surface area contributed by atoms with E-state index in [2.05, 4.69) is 46.7 Å². The Labute approximate surface area is 236 Å². The average Bonchev–Trinajstić information content (AvgIpc) is 3.20. The van der Waals surface area contributed by atoms with Gasteiger partial charge in [0, 0.05) is 58.8 Å². The summed E-state index contributed by atoms with van der Waals surface area (Å²) >= 11 is 0. The smallest absolute Gasteiger partial charge is 0.224 e. The lowest BCUT2D eigenvalue weighted by Crippen LogP contribution is -2.47. The van der Waals surface area contributed by atoms with Crippen molar-refractivity contribution in [3.05, 3.63) is 36.4 Å². The van der Waals surface area contributed by atoms with Crippen LogP contribution in [0.1, 0.15) is 44.3 Å². The van der Waals surface area contributed by atoms with E-state index in [1.54, 1.807) is 13.4 Å². The minimum Gasteiger partial charge on any atom is -0.495 e. The summed E-state index contributed by atoms with van der Waals surface area (Å²) in [6, 6.07) is 8.24. The van der Waals surface area contributed by atoms with Crippen LogP contribution in [0.5, 0.6) is 5.75 Å². The number of hydrogen-bond acceptors (Lipinski definition) is 8. The highest BCUT2D eigenvalue weighted by Gasteiger charge is 2.29. The number of ether oxygens (including phenoxy) is 1. The first kappa shape index (κ1) is 26.8. The molecule has 0 spiro atoms. The van der Waals surface area contributed by atoms with Crippen molar-refractivity contribution < 1.29 is 9.53 Å². The Morgan fingerprint density at radius 1 is 1.00 bits per heavy atom. The van der Waals surface area contributed by atoms with Gasteiger partial charge in [0.15, 0.2) is 17.0 Å². The quantitative estimate of drug-likeness (QED) is 0.431. The maximum absolute atomic E-state index is 13.1. The van der Waals surface area contributed by atoms with Crippen LogP contribution in [0.3, 0.4) is 0 Å². The Morgan fingerprint density at radius 2 is 1.88 bits per heavy atom. The number of piperidine rings is 1. The number of carbonyl (C=O) groups is 1. The SMILES string of the molecule is COc1ccccc1N1CCN(CCCNC(=O)[C@@H]2CCCN(c3ncnc4c3nc3n4CCCCC3)C2)CC1. The summed E-state index contributed by atoms with van der Waals surface area (Å²) in [6.07, 6.45) is 9.11. The molecule has 2 aromatic heterocycles. The highest BCUT2D eigenvalue weighted by Crippen LogP contribution is 2.30. The number of para-hydroxylation sites is 2. The predicted molar refractivity (Wildman–Crippen MR) is 157 cm³/mol. The van der Waals surface area contributed by atoms with E-state index in [-0.39, 0.29) is 11.8 Å². The molecule has 40 heavy (non-hydrogen) atoms. The largest absolute Gasteiger partial charge is 0.495 e. The third-order valence-corrected chi connectivity index (χ3v) is 8.71. The molecule has 214 valence electrons. The molecule has 0 unspecified atom stereocenters. The molecule has 3 aromatic rings. The van der Waals surface area contributed by atoms with Gasteiger partial charge in [0.25, 0.3) is 0 Å². The van der Waals surface area contributed by atoms with Crippen molar-refractivity contribution in [3.8, 4) is 5.75 Å². The molecule has 5 heterocycles. The molecule has 2 fully saturated rings. The maximum Gasteiger partial charge on any atom is 0.224 e. The van der Waals surface area contributed by atoms with Crippen molar-refractivity contribution in [1.82, 2.24) is 29.7 Å². The van der Waals surface area contributed by atoms with Gasteiger partial charge in [-0.1, -0.05) is 18.6 Å². The first-order chi connectivity index (χ1) is 19.7. The number of benzene rings is 1. The molecular formula is C30H42N8O2. The molecule has 1 aromatic carbocycles. The van der Waals surface area contributed by atoms with Crippen molar-refractivity contribution in [2.24, 2.45) is 5.92 Å². The molecule has 10 nitrogen and oxygen atoms in total. The van der Waals surface area contributed by atoms with E-state index in [0.717, 1.165) is 100 Å². The third kappa shape index (κ3) is 5.73.